The number of alkyl halides is 3. The van der Waals surface area contributed by atoms with E-state index in [-0.39, 0.29) is 18.8 Å². The highest BCUT2D eigenvalue weighted by Crippen LogP contribution is 2.32. The van der Waals surface area contributed by atoms with Crippen molar-refractivity contribution < 1.29 is 25.8 Å². The molecule has 0 radical (unpaired) electrons. The molecule has 5 nitrogen and oxygen atoms in total. The summed E-state index contributed by atoms with van der Waals surface area (Å²) >= 11 is 6.01. The molecule has 1 aliphatic heterocycles. The van der Waals surface area contributed by atoms with Crippen molar-refractivity contribution in [3.63, 3.8) is 0 Å². The molecule has 0 bridgehead atoms. The first-order valence-electron chi connectivity index (χ1n) is 6.18. The molecular weight excluding hydrogens is 345 g/mol. The highest BCUT2D eigenvalue weighted by Gasteiger charge is 2.49. The van der Waals surface area contributed by atoms with E-state index in [0.29, 0.717) is 10.8 Å². The van der Waals surface area contributed by atoms with Crippen LogP contribution in [0.4, 0.5) is 19.0 Å². The molecule has 10 heteroatoms. The lowest BCUT2D eigenvalue weighted by molar-refractivity contribution is -0.0526. The maximum Gasteiger partial charge on any atom is 0.534 e. The first-order chi connectivity index (χ1) is 10.1. The fraction of sp³-hybridized carbons (Fsp3) is 0.417. The average Bonchev–Trinajstić information content (AvgIpc) is 2.40. The third-order valence-corrected chi connectivity index (χ3v) is 4.29. The Bertz CT molecular complexity index is 691. The van der Waals surface area contributed by atoms with Gasteiger partial charge in [0.1, 0.15) is 11.6 Å². The maximum absolute atomic E-state index is 12.3. The van der Waals surface area contributed by atoms with E-state index in [0.717, 1.165) is 0 Å². The van der Waals surface area contributed by atoms with Gasteiger partial charge in [-0.15, -0.1) is 0 Å². The van der Waals surface area contributed by atoms with Crippen LogP contribution >= 0.6 is 11.6 Å². The van der Waals surface area contributed by atoms with E-state index in [1.807, 2.05) is 0 Å². The van der Waals surface area contributed by atoms with Crippen molar-refractivity contribution >= 4 is 27.5 Å². The molecule has 1 aromatic heterocycles. The standard InChI is InChI=1S/C12H12ClF3N2O3S/c1-8-7-18(11-9(13)3-2-5-17-11)6-4-10(8)21-22(19,20)12(14,15)16/h2-5,8H,6-7H2,1H3/t8-/m1/s1. The SMILES string of the molecule is C[C@@H]1CN(c2ncccc2Cl)CC=C1OS(=O)(=O)C(F)(F)F. The van der Waals surface area contributed by atoms with Crippen molar-refractivity contribution in [1.29, 1.82) is 0 Å². The summed E-state index contributed by atoms with van der Waals surface area (Å²) in [6, 6.07) is 3.29. The van der Waals surface area contributed by atoms with Crippen LogP contribution in [0.15, 0.2) is 30.2 Å². The molecule has 1 aromatic rings. The number of hydrogen-bond acceptors (Lipinski definition) is 5. The van der Waals surface area contributed by atoms with Crippen LogP contribution in [0.3, 0.4) is 0 Å². The molecule has 0 unspecified atom stereocenters. The zero-order chi connectivity index (χ0) is 16.5. The van der Waals surface area contributed by atoms with Crippen molar-refractivity contribution in [2.24, 2.45) is 5.92 Å². The Labute approximate surface area is 130 Å². The molecule has 0 fully saturated rings. The van der Waals surface area contributed by atoms with E-state index in [4.69, 9.17) is 11.6 Å². The summed E-state index contributed by atoms with van der Waals surface area (Å²) < 4.78 is 63.3. The molecule has 0 amide bonds. The normalized spacial score (nSPS) is 19.8. The van der Waals surface area contributed by atoms with Gasteiger partial charge in [-0.3, -0.25) is 0 Å². The van der Waals surface area contributed by atoms with Crippen LogP contribution < -0.4 is 4.90 Å². The van der Waals surface area contributed by atoms with Crippen molar-refractivity contribution in [2.75, 3.05) is 18.0 Å². The van der Waals surface area contributed by atoms with Gasteiger partial charge >= 0.3 is 15.6 Å². The van der Waals surface area contributed by atoms with Crippen LogP contribution in [0.1, 0.15) is 6.92 Å². The molecule has 0 saturated heterocycles. The lowest BCUT2D eigenvalue weighted by atomic mass is 10.1. The Morgan fingerprint density at radius 3 is 2.68 bits per heavy atom. The van der Waals surface area contributed by atoms with Gasteiger partial charge in [-0.1, -0.05) is 18.5 Å². The molecule has 2 heterocycles. The zero-order valence-corrected chi connectivity index (χ0v) is 12.9. The van der Waals surface area contributed by atoms with Crippen molar-refractivity contribution in [3.05, 3.63) is 35.2 Å². The van der Waals surface area contributed by atoms with Crippen LogP contribution in [0, 0.1) is 5.92 Å². The van der Waals surface area contributed by atoms with E-state index >= 15 is 0 Å². The Balaban J connectivity index is 2.18. The zero-order valence-electron chi connectivity index (χ0n) is 11.3. The van der Waals surface area contributed by atoms with Crippen LogP contribution in [0.5, 0.6) is 0 Å². The lowest BCUT2D eigenvalue weighted by Crippen LogP contribution is -2.36. The van der Waals surface area contributed by atoms with Crippen LogP contribution in [-0.2, 0) is 14.3 Å². The second-order valence-electron chi connectivity index (χ2n) is 4.70. The fourth-order valence-electron chi connectivity index (χ4n) is 1.97. The molecule has 0 spiro atoms. The fourth-order valence-corrected chi connectivity index (χ4v) is 2.79. The Hall–Kier alpha value is -1.48. The first-order valence-corrected chi connectivity index (χ1v) is 7.96. The average molecular weight is 357 g/mol. The van der Waals surface area contributed by atoms with Crippen LogP contribution in [0.2, 0.25) is 5.02 Å². The van der Waals surface area contributed by atoms with E-state index in [1.54, 1.807) is 24.0 Å². The monoisotopic (exact) mass is 356 g/mol. The largest absolute Gasteiger partial charge is 0.534 e. The minimum atomic E-state index is -5.65. The van der Waals surface area contributed by atoms with Gasteiger partial charge in [-0.05, 0) is 18.2 Å². The summed E-state index contributed by atoms with van der Waals surface area (Å²) in [7, 11) is -5.65. The van der Waals surface area contributed by atoms with Gasteiger partial charge in [0.05, 0.1) is 5.02 Å². The van der Waals surface area contributed by atoms with Crippen molar-refractivity contribution in [1.82, 2.24) is 4.98 Å². The molecule has 2 rings (SSSR count). The van der Waals surface area contributed by atoms with Gasteiger partial charge in [-0.2, -0.15) is 21.6 Å². The highest BCUT2D eigenvalue weighted by atomic mass is 35.5. The third kappa shape index (κ3) is 3.46. The molecule has 22 heavy (non-hydrogen) atoms. The second kappa shape index (κ2) is 5.96. The minimum Gasteiger partial charge on any atom is -0.380 e. The Morgan fingerprint density at radius 2 is 2.14 bits per heavy atom. The Morgan fingerprint density at radius 1 is 1.45 bits per heavy atom. The lowest BCUT2D eigenvalue weighted by Gasteiger charge is -2.31. The van der Waals surface area contributed by atoms with Gasteiger partial charge in [0.15, 0.2) is 0 Å². The molecule has 0 saturated carbocycles. The molecule has 122 valence electrons. The third-order valence-electron chi connectivity index (χ3n) is 3.02. The number of pyridine rings is 1. The Kier molecular flexibility index (Phi) is 4.57. The van der Waals surface area contributed by atoms with E-state index in [9.17, 15) is 21.6 Å². The topological polar surface area (TPSA) is 59.5 Å². The van der Waals surface area contributed by atoms with E-state index in [1.165, 1.54) is 12.3 Å². The van der Waals surface area contributed by atoms with Gasteiger partial charge in [0.2, 0.25) is 0 Å². The smallest absolute Gasteiger partial charge is 0.380 e. The maximum atomic E-state index is 12.3. The quantitative estimate of drug-likeness (QED) is 0.615. The predicted molar refractivity (Wildman–Crippen MR) is 74.8 cm³/mol. The molecule has 0 N–H and O–H groups in total. The number of hydrogen-bond donors (Lipinski definition) is 0. The summed E-state index contributed by atoms with van der Waals surface area (Å²) in [5.41, 5.74) is -5.45. The summed E-state index contributed by atoms with van der Waals surface area (Å²) in [6.45, 7) is 1.93. The summed E-state index contributed by atoms with van der Waals surface area (Å²) in [5.74, 6) is -0.324. The predicted octanol–water partition coefficient (Wildman–Crippen LogP) is 2.94. The van der Waals surface area contributed by atoms with Gasteiger partial charge in [0.25, 0.3) is 0 Å². The summed E-state index contributed by atoms with van der Waals surface area (Å²) in [6.07, 6.45) is 2.82. The number of aromatic nitrogens is 1. The minimum absolute atomic E-state index is 0.143. The highest BCUT2D eigenvalue weighted by molar-refractivity contribution is 7.87. The molecular formula is C12H12ClF3N2O3S. The number of halogens is 4. The molecule has 1 aliphatic rings. The molecule has 1 atom stereocenters. The number of nitrogens with zero attached hydrogens (tertiary/aromatic N) is 2. The van der Waals surface area contributed by atoms with Crippen LogP contribution in [0.25, 0.3) is 0 Å². The summed E-state index contributed by atoms with van der Waals surface area (Å²) in [5, 5.41) is 0.399. The second-order valence-corrected chi connectivity index (χ2v) is 6.65. The first kappa shape index (κ1) is 16.9. The van der Waals surface area contributed by atoms with E-state index in [2.05, 4.69) is 9.17 Å². The number of rotatable bonds is 3. The molecule has 0 aromatic carbocycles. The van der Waals surface area contributed by atoms with Gasteiger partial charge in [-0.25, -0.2) is 4.98 Å². The van der Waals surface area contributed by atoms with Gasteiger partial charge < -0.3 is 9.08 Å². The molecule has 0 aliphatic carbocycles. The number of anilines is 1. The van der Waals surface area contributed by atoms with Crippen molar-refractivity contribution in [2.45, 2.75) is 12.4 Å². The van der Waals surface area contributed by atoms with Crippen LogP contribution in [-0.4, -0.2) is 32.0 Å². The van der Waals surface area contributed by atoms with E-state index < -0.39 is 21.5 Å². The van der Waals surface area contributed by atoms with Crippen molar-refractivity contribution in [3.8, 4) is 0 Å². The van der Waals surface area contributed by atoms with Gasteiger partial charge in [0, 0.05) is 25.2 Å². The summed E-state index contributed by atoms with van der Waals surface area (Å²) in [4.78, 5) is 5.82.